The molecule has 1 aromatic heterocycles. The zero-order valence-electron chi connectivity index (χ0n) is 14.5. The number of aryl methyl sites for hydroxylation is 1. The van der Waals surface area contributed by atoms with Crippen LogP contribution in [0.5, 0.6) is 11.5 Å². The van der Waals surface area contributed by atoms with Gasteiger partial charge in [-0.25, -0.2) is 0 Å². The number of hydrogen-bond acceptors (Lipinski definition) is 3. The fraction of sp³-hybridized carbons (Fsp3) is 0.190. The van der Waals surface area contributed by atoms with E-state index in [0.29, 0.717) is 6.79 Å². The first kappa shape index (κ1) is 14.3. The van der Waals surface area contributed by atoms with Gasteiger partial charge in [0, 0.05) is 30.6 Å². The molecule has 0 radical (unpaired) electrons. The molecular formula is C21H19N2O2+. The molecule has 4 aromatic rings. The van der Waals surface area contributed by atoms with Crippen molar-refractivity contribution in [1.82, 2.24) is 0 Å². The fourth-order valence-corrected chi connectivity index (χ4v) is 3.74. The van der Waals surface area contributed by atoms with Crippen molar-refractivity contribution in [3.63, 3.8) is 0 Å². The third-order valence-electron chi connectivity index (χ3n) is 5.01. The predicted molar refractivity (Wildman–Crippen MR) is 101 cm³/mol. The zero-order chi connectivity index (χ0) is 17.1. The van der Waals surface area contributed by atoms with Crippen LogP contribution in [0.3, 0.4) is 0 Å². The number of pyridine rings is 1. The molecule has 0 atom stereocenters. The molecule has 0 N–H and O–H groups in total. The Labute approximate surface area is 145 Å². The van der Waals surface area contributed by atoms with Gasteiger partial charge in [0.15, 0.2) is 17.7 Å². The molecule has 0 amide bonds. The molecular weight excluding hydrogens is 312 g/mol. The molecule has 0 bridgehead atoms. The molecule has 0 unspecified atom stereocenters. The smallest absolute Gasteiger partial charge is 0.231 e. The number of ether oxygens (including phenoxy) is 2. The van der Waals surface area contributed by atoms with Gasteiger partial charge in [-0.1, -0.05) is 6.07 Å². The Bertz CT molecular complexity index is 1170. The molecule has 0 spiro atoms. The molecule has 4 nitrogen and oxygen atoms in total. The van der Waals surface area contributed by atoms with E-state index in [1.54, 1.807) is 0 Å². The largest absolute Gasteiger partial charge is 0.454 e. The summed E-state index contributed by atoms with van der Waals surface area (Å²) in [5.41, 5.74) is 2.41. The first-order valence-corrected chi connectivity index (χ1v) is 8.37. The van der Waals surface area contributed by atoms with Gasteiger partial charge in [0.25, 0.3) is 0 Å². The van der Waals surface area contributed by atoms with Crippen molar-refractivity contribution in [2.45, 2.75) is 0 Å². The Hall–Kier alpha value is -3.01. The maximum Gasteiger partial charge on any atom is 0.231 e. The topological polar surface area (TPSA) is 25.6 Å². The minimum absolute atomic E-state index is 0.296. The van der Waals surface area contributed by atoms with Gasteiger partial charge in [0.05, 0.1) is 10.8 Å². The molecule has 3 aromatic carbocycles. The quantitative estimate of drug-likeness (QED) is 0.392. The summed E-state index contributed by atoms with van der Waals surface area (Å²) < 4.78 is 13.3. The first-order chi connectivity index (χ1) is 12.1. The molecule has 1 aliphatic heterocycles. The summed E-state index contributed by atoms with van der Waals surface area (Å²) in [5.74, 6) is 1.65. The van der Waals surface area contributed by atoms with Gasteiger partial charge in [0.2, 0.25) is 12.3 Å². The van der Waals surface area contributed by atoms with Gasteiger partial charge in [0.1, 0.15) is 7.05 Å². The van der Waals surface area contributed by atoms with Gasteiger partial charge in [-0.05, 0) is 41.8 Å². The van der Waals surface area contributed by atoms with Crippen LogP contribution in [0, 0.1) is 0 Å². The van der Waals surface area contributed by atoms with Gasteiger partial charge < -0.3 is 14.4 Å². The Kier molecular flexibility index (Phi) is 2.86. The molecule has 5 rings (SSSR count). The molecule has 25 heavy (non-hydrogen) atoms. The fourth-order valence-electron chi connectivity index (χ4n) is 3.74. The van der Waals surface area contributed by atoms with Crippen molar-refractivity contribution in [2.75, 3.05) is 25.8 Å². The first-order valence-electron chi connectivity index (χ1n) is 8.37. The lowest BCUT2D eigenvalue weighted by molar-refractivity contribution is -0.642. The predicted octanol–water partition coefficient (Wildman–Crippen LogP) is 3.77. The maximum absolute atomic E-state index is 5.60. The van der Waals surface area contributed by atoms with Crippen molar-refractivity contribution in [2.24, 2.45) is 7.05 Å². The standard InChI is InChI=1S/C21H19N2O2/c1-22(2)15-6-4-14-11-23(3)21-16(17(14)9-15)7-5-13-8-19-20(10-18(13)21)25-12-24-19/h4-11H,12H2,1-3H3/q+1. The van der Waals surface area contributed by atoms with Crippen LogP contribution in [0.15, 0.2) is 48.7 Å². The highest BCUT2D eigenvalue weighted by Crippen LogP contribution is 2.39. The van der Waals surface area contributed by atoms with E-state index in [2.05, 4.69) is 79.3 Å². The average Bonchev–Trinajstić information content (AvgIpc) is 3.06. The summed E-state index contributed by atoms with van der Waals surface area (Å²) in [6.45, 7) is 0.296. The monoisotopic (exact) mass is 331 g/mol. The molecule has 2 heterocycles. The summed E-state index contributed by atoms with van der Waals surface area (Å²) in [4.78, 5) is 2.14. The van der Waals surface area contributed by atoms with E-state index < -0.39 is 0 Å². The number of nitrogens with zero attached hydrogens (tertiary/aromatic N) is 2. The molecule has 1 aliphatic rings. The molecule has 4 heteroatoms. The van der Waals surface area contributed by atoms with Crippen LogP contribution in [-0.2, 0) is 7.05 Å². The van der Waals surface area contributed by atoms with Crippen molar-refractivity contribution >= 4 is 38.1 Å². The molecule has 0 saturated carbocycles. The molecule has 0 saturated heterocycles. The highest BCUT2D eigenvalue weighted by atomic mass is 16.7. The van der Waals surface area contributed by atoms with Gasteiger partial charge in [-0.15, -0.1) is 0 Å². The van der Waals surface area contributed by atoms with Crippen LogP contribution in [0.25, 0.3) is 32.4 Å². The van der Waals surface area contributed by atoms with Crippen LogP contribution in [-0.4, -0.2) is 20.9 Å². The highest BCUT2D eigenvalue weighted by Gasteiger charge is 2.20. The number of benzene rings is 3. The number of rotatable bonds is 1. The Balaban J connectivity index is 1.94. The lowest BCUT2D eigenvalue weighted by Gasteiger charge is -2.14. The minimum Gasteiger partial charge on any atom is -0.454 e. The van der Waals surface area contributed by atoms with Gasteiger partial charge in [-0.2, -0.15) is 4.57 Å². The van der Waals surface area contributed by atoms with Gasteiger partial charge in [-0.3, -0.25) is 0 Å². The third-order valence-corrected chi connectivity index (χ3v) is 5.01. The van der Waals surface area contributed by atoms with E-state index in [9.17, 15) is 0 Å². The molecule has 0 fully saturated rings. The van der Waals surface area contributed by atoms with Crippen LogP contribution in [0.2, 0.25) is 0 Å². The van der Waals surface area contributed by atoms with Crippen molar-refractivity contribution in [3.05, 3.63) is 48.7 Å². The maximum atomic E-state index is 5.60. The summed E-state index contributed by atoms with van der Waals surface area (Å²) in [6, 6.07) is 15.2. The number of fused-ring (bicyclic) bond motifs is 6. The summed E-state index contributed by atoms with van der Waals surface area (Å²) in [5, 5.41) is 6.09. The number of hydrogen-bond donors (Lipinski definition) is 0. The molecule has 0 aliphatic carbocycles. The van der Waals surface area contributed by atoms with Crippen LogP contribution in [0.4, 0.5) is 5.69 Å². The van der Waals surface area contributed by atoms with Gasteiger partial charge >= 0.3 is 0 Å². The lowest BCUT2D eigenvalue weighted by atomic mass is 10.00. The summed E-state index contributed by atoms with van der Waals surface area (Å²) in [7, 11) is 6.25. The van der Waals surface area contributed by atoms with E-state index in [1.165, 1.54) is 32.7 Å². The van der Waals surface area contributed by atoms with Crippen molar-refractivity contribution in [3.8, 4) is 11.5 Å². The van der Waals surface area contributed by atoms with Crippen molar-refractivity contribution in [1.29, 1.82) is 0 Å². The SMILES string of the molecule is CN(C)c1ccc2c[n+](C)c3c4cc5c(cc4ccc3c2c1)OCO5. The Morgan fingerprint density at radius 3 is 2.40 bits per heavy atom. The van der Waals surface area contributed by atoms with Crippen LogP contribution >= 0.6 is 0 Å². The second-order valence-electron chi connectivity index (χ2n) is 6.79. The van der Waals surface area contributed by atoms with E-state index in [1.807, 2.05) is 0 Å². The highest BCUT2D eigenvalue weighted by molar-refractivity contribution is 6.14. The summed E-state index contributed by atoms with van der Waals surface area (Å²) in [6.07, 6.45) is 2.20. The lowest BCUT2D eigenvalue weighted by Crippen LogP contribution is -2.28. The zero-order valence-corrected chi connectivity index (χ0v) is 14.5. The second-order valence-corrected chi connectivity index (χ2v) is 6.79. The normalized spacial score (nSPS) is 13.1. The summed E-state index contributed by atoms with van der Waals surface area (Å²) >= 11 is 0. The third kappa shape index (κ3) is 2.03. The van der Waals surface area contributed by atoms with E-state index in [0.717, 1.165) is 16.9 Å². The second kappa shape index (κ2) is 4.99. The Morgan fingerprint density at radius 2 is 1.60 bits per heavy atom. The van der Waals surface area contributed by atoms with Crippen LogP contribution < -0.4 is 18.9 Å². The van der Waals surface area contributed by atoms with E-state index in [4.69, 9.17) is 9.47 Å². The van der Waals surface area contributed by atoms with E-state index >= 15 is 0 Å². The molecule has 124 valence electrons. The number of aromatic nitrogens is 1. The van der Waals surface area contributed by atoms with E-state index in [-0.39, 0.29) is 0 Å². The van der Waals surface area contributed by atoms with Crippen molar-refractivity contribution < 1.29 is 14.0 Å². The number of anilines is 1. The Morgan fingerprint density at radius 1 is 0.840 bits per heavy atom. The average molecular weight is 331 g/mol. The van der Waals surface area contributed by atoms with Crippen LogP contribution in [0.1, 0.15) is 0 Å². The minimum atomic E-state index is 0.296.